The number of hydrogen-bond donors (Lipinski definition) is 1. The molecule has 0 aliphatic carbocycles. The first-order valence-electron chi connectivity index (χ1n) is 8.93. The lowest BCUT2D eigenvalue weighted by Gasteiger charge is -2.06. The van der Waals surface area contributed by atoms with Crippen LogP contribution >= 0.6 is 24.0 Å². The van der Waals surface area contributed by atoms with Gasteiger partial charge in [-0.05, 0) is 29.3 Å². The summed E-state index contributed by atoms with van der Waals surface area (Å²) in [5, 5.41) is 9.56. The second kappa shape index (κ2) is 9.38. The van der Waals surface area contributed by atoms with Gasteiger partial charge < -0.3 is 4.98 Å². The van der Waals surface area contributed by atoms with Gasteiger partial charge in [-0.15, -0.1) is 12.4 Å². The molecule has 0 unspecified atom stereocenters. The molecule has 1 N–H and O–H groups in total. The zero-order chi connectivity index (χ0) is 19.3. The van der Waals surface area contributed by atoms with Crippen LogP contribution in [0, 0.1) is 11.3 Å². The van der Waals surface area contributed by atoms with Crippen LogP contribution in [0.1, 0.15) is 28.3 Å². The molecule has 0 spiro atoms. The van der Waals surface area contributed by atoms with E-state index < -0.39 is 0 Å². The highest BCUT2D eigenvalue weighted by atomic mass is 35.5. The van der Waals surface area contributed by atoms with Gasteiger partial charge in [-0.25, -0.2) is 4.98 Å². The molecule has 2 aromatic carbocycles. The van der Waals surface area contributed by atoms with Crippen LogP contribution in [-0.4, -0.2) is 15.0 Å². The second-order valence-corrected chi connectivity index (χ2v) is 6.95. The minimum absolute atomic E-state index is 0. The number of pyridine rings is 1. The molecule has 29 heavy (non-hydrogen) atoms. The van der Waals surface area contributed by atoms with Gasteiger partial charge in [0.25, 0.3) is 0 Å². The maximum absolute atomic E-state index is 8.88. The van der Waals surface area contributed by atoms with Crippen LogP contribution < -0.4 is 0 Å². The molecule has 0 atom stereocenters. The summed E-state index contributed by atoms with van der Waals surface area (Å²) < 4.78 is 0. The smallest absolute Gasteiger partial charge is 0.112 e. The number of hydrogen-bond acceptors (Lipinski definition) is 3. The SMILES string of the molecule is Cl.N#Cc1ccc(Cc2cnc(Cc3cc(Cl)c(-c4ccccc4)cn3)[nH]2)cc1. The highest BCUT2D eigenvalue weighted by Gasteiger charge is 2.08. The topological polar surface area (TPSA) is 65.4 Å². The maximum atomic E-state index is 8.88. The fraction of sp³-hybridized carbons (Fsp3) is 0.0870. The molecule has 0 amide bonds. The van der Waals surface area contributed by atoms with Crippen LogP contribution in [0.4, 0.5) is 0 Å². The molecule has 2 aromatic heterocycles. The van der Waals surface area contributed by atoms with Crippen molar-refractivity contribution < 1.29 is 0 Å². The third-order valence-corrected chi connectivity index (χ3v) is 4.81. The van der Waals surface area contributed by atoms with Gasteiger partial charge >= 0.3 is 0 Å². The zero-order valence-corrected chi connectivity index (χ0v) is 17.0. The van der Waals surface area contributed by atoms with Gasteiger partial charge in [0, 0.05) is 42.2 Å². The van der Waals surface area contributed by atoms with E-state index in [9.17, 15) is 0 Å². The number of aromatic nitrogens is 3. The average Bonchev–Trinajstić information content (AvgIpc) is 3.16. The number of H-pyrrole nitrogens is 1. The molecule has 0 bridgehead atoms. The van der Waals surface area contributed by atoms with Gasteiger partial charge in [0.1, 0.15) is 5.82 Å². The predicted octanol–water partition coefficient (Wildman–Crippen LogP) is 5.60. The third kappa shape index (κ3) is 5.03. The summed E-state index contributed by atoms with van der Waals surface area (Å²) >= 11 is 6.47. The monoisotopic (exact) mass is 420 g/mol. The molecule has 4 nitrogen and oxygen atoms in total. The first-order chi connectivity index (χ1) is 13.7. The molecule has 4 rings (SSSR count). The number of nitrogens with zero attached hydrogens (tertiary/aromatic N) is 3. The lowest BCUT2D eigenvalue weighted by Crippen LogP contribution is -1.96. The van der Waals surface area contributed by atoms with Crippen molar-refractivity contribution in [3.8, 4) is 17.2 Å². The third-order valence-electron chi connectivity index (χ3n) is 4.50. The highest BCUT2D eigenvalue weighted by Crippen LogP contribution is 2.27. The van der Waals surface area contributed by atoms with Gasteiger partial charge in [-0.2, -0.15) is 5.26 Å². The molecular formula is C23H18Cl2N4. The van der Waals surface area contributed by atoms with Gasteiger partial charge in [0.15, 0.2) is 0 Å². The predicted molar refractivity (Wildman–Crippen MR) is 117 cm³/mol. The van der Waals surface area contributed by atoms with E-state index in [0.29, 0.717) is 17.0 Å². The van der Waals surface area contributed by atoms with Crippen molar-refractivity contribution >= 4 is 24.0 Å². The van der Waals surface area contributed by atoms with Crippen molar-refractivity contribution in [2.24, 2.45) is 0 Å². The average molecular weight is 421 g/mol. The first-order valence-corrected chi connectivity index (χ1v) is 9.31. The van der Waals surface area contributed by atoms with Crippen molar-refractivity contribution in [2.45, 2.75) is 12.8 Å². The molecule has 0 radical (unpaired) electrons. The summed E-state index contributed by atoms with van der Waals surface area (Å²) in [6.07, 6.45) is 4.98. The summed E-state index contributed by atoms with van der Waals surface area (Å²) in [5.41, 5.74) is 5.65. The molecule has 6 heteroatoms. The molecule has 0 aliphatic heterocycles. The minimum Gasteiger partial charge on any atom is -0.345 e. The van der Waals surface area contributed by atoms with E-state index in [1.54, 1.807) is 0 Å². The van der Waals surface area contributed by atoms with Crippen LogP contribution in [0.25, 0.3) is 11.1 Å². The molecule has 0 fully saturated rings. The van der Waals surface area contributed by atoms with E-state index >= 15 is 0 Å². The van der Waals surface area contributed by atoms with E-state index in [2.05, 4.69) is 21.0 Å². The fourth-order valence-electron chi connectivity index (χ4n) is 3.07. The van der Waals surface area contributed by atoms with Crippen LogP contribution in [0.2, 0.25) is 5.02 Å². The Kier molecular flexibility index (Phi) is 6.66. The number of nitrogens with one attached hydrogen (secondary N) is 1. The molecule has 144 valence electrons. The normalized spacial score (nSPS) is 10.2. The van der Waals surface area contributed by atoms with Gasteiger partial charge in [-0.1, -0.05) is 54.1 Å². The highest BCUT2D eigenvalue weighted by molar-refractivity contribution is 6.33. The van der Waals surface area contributed by atoms with Crippen LogP contribution in [-0.2, 0) is 12.8 Å². The van der Waals surface area contributed by atoms with E-state index in [4.69, 9.17) is 16.9 Å². The Morgan fingerprint density at radius 3 is 2.38 bits per heavy atom. The first kappa shape index (κ1) is 20.6. The summed E-state index contributed by atoms with van der Waals surface area (Å²) in [7, 11) is 0. The van der Waals surface area contributed by atoms with E-state index in [1.165, 1.54) is 0 Å². The van der Waals surface area contributed by atoms with Gasteiger partial charge in [-0.3, -0.25) is 4.98 Å². The van der Waals surface area contributed by atoms with Crippen LogP contribution in [0.3, 0.4) is 0 Å². The lowest BCUT2D eigenvalue weighted by atomic mass is 10.1. The Hall–Kier alpha value is -3.13. The molecule has 0 aliphatic rings. The fourth-order valence-corrected chi connectivity index (χ4v) is 3.36. The number of benzene rings is 2. The van der Waals surface area contributed by atoms with Crippen LogP contribution in [0.5, 0.6) is 0 Å². The van der Waals surface area contributed by atoms with E-state index in [1.807, 2.05) is 73.1 Å². The Morgan fingerprint density at radius 2 is 1.69 bits per heavy atom. The Bertz CT molecular complexity index is 1130. The Balaban J connectivity index is 0.00000240. The van der Waals surface area contributed by atoms with Crippen molar-refractivity contribution in [1.29, 1.82) is 5.26 Å². The summed E-state index contributed by atoms with van der Waals surface area (Å²) in [6, 6.07) is 21.6. The zero-order valence-electron chi connectivity index (χ0n) is 15.5. The van der Waals surface area contributed by atoms with E-state index in [-0.39, 0.29) is 12.4 Å². The number of nitriles is 1. The standard InChI is InChI=1S/C23H17ClN4.ClH/c24-22-11-19(26-15-21(22)18-4-2-1-3-5-18)12-23-27-14-20(28-23)10-16-6-8-17(13-25)9-7-16;/h1-9,11,14-15H,10,12H2,(H,27,28);1H. The second-order valence-electron chi connectivity index (χ2n) is 6.54. The van der Waals surface area contributed by atoms with Crippen LogP contribution in [0.15, 0.2) is 73.1 Å². The number of rotatable bonds is 5. The van der Waals surface area contributed by atoms with Gasteiger partial charge in [0.05, 0.1) is 16.7 Å². The Labute approximate surface area is 180 Å². The molecule has 2 heterocycles. The van der Waals surface area contributed by atoms with Crippen molar-refractivity contribution in [3.63, 3.8) is 0 Å². The number of halogens is 2. The van der Waals surface area contributed by atoms with E-state index in [0.717, 1.165) is 40.3 Å². The molecule has 4 aromatic rings. The summed E-state index contributed by atoms with van der Waals surface area (Å²) in [6.45, 7) is 0. The number of imidazole rings is 1. The largest absolute Gasteiger partial charge is 0.345 e. The molecule has 0 saturated heterocycles. The van der Waals surface area contributed by atoms with Gasteiger partial charge in [0.2, 0.25) is 0 Å². The quantitative estimate of drug-likeness (QED) is 0.456. The minimum atomic E-state index is 0. The lowest BCUT2D eigenvalue weighted by molar-refractivity contribution is 0.963. The van der Waals surface area contributed by atoms with Crippen molar-refractivity contribution in [3.05, 3.63) is 106 Å². The summed E-state index contributed by atoms with van der Waals surface area (Å²) in [4.78, 5) is 12.4. The van der Waals surface area contributed by atoms with Crippen molar-refractivity contribution in [1.82, 2.24) is 15.0 Å². The molecular weight excluding hydrogens is 403 g/mol. The Morgan fingerprint density at radius 1 is 0.931 bits per heavy atom. The summed E-state index contributed by atoms with van der Waals surface area (Å²) in [5.74, 6) is 0.847. The maximum Gasteiger partial charge on any atom is 0.112 e. The molecule has 0 saturated carbocycles. The van der Waals surface area contributed by atoms with Crippen molar-refractivity contribution in [2.75, 3.05) is 0 Å². The number of aromatic amines is 1.